The van der Waals surface area contributed by atoms with Gasteiger partial charge in [-0.1, -0.05) is 12.1 Å². The summed E-state index contributed by atoms with van der Waals surface area (Å²) in [5.41, 5.74) is 1.14. The van der Waals surface area contributed by atoms with E-state index in [0.717, 1.165) is 24.2 Å². The van der Waals surface area contributed by atoms with Crippen molar-refractivity contribution in [2.24, 2.45) is 0 Å². The average Bonchev–Trinajstić information content (AvgIpc) is 2.73. The Kier molecular flexibility index (Phi) is 6.05. The predicted octanol–water partition coefficient (Wildman–Crippen LogP) is 2.11. The molecule has 2 amide bonds. The number of nitrogens with one attached hydrogen (secondary N) is 1. The van der Waals surface area contributed by atoms with E-state index in [1.165, 1.54) is 12.4 Å². The lowest BCUT2D eigenvalue weighted by molar-refractivity contribution is 0.0971. The largest absolute Gasteiger partial charge is 0.497 e. The molecule has 27 heavy (non-hydrogen) atoms. The maximum Gasteiger partial charge on any atom is 0.317 e. The number of rotatable bonds is 5. The molecular formula is C19H21N5O3. The minimum atomic E-state index is -0.214. The summed E-state index contributed by atoms with van der Waals surface area (Å²) in [4.78, 5) is 22.2. The predicted molar refractivity (Wildman–Crippen MR) is 97.2 cm³/mol. The standard InChI is InChI=1S/C19H21N5O3/c1-26-15-6-4-14(5-7-15)12-23-19(25)24-10-2-3-16(13-24)27-18-17(11-20)21-8-9-22-18/h4-9,16H,2-3,10,12-13H2,1H3,(H,23,25). The number of aromatic nitrogens is 2. The summed E-state index contributed by atoms with van der Waals surface area (Å²) < 4.78 is 10.9. The molecule has 1 aliphatic heterocycles. The molecule has 0 saturated carbocycles. The molecule has 140 valence electrons. The highest BCUT2D eigenvalue weighted by atomic mass is 16.5. The van der Waals surface area contributed by atoms with Crippen LogP contribution in [0.1, 0.15) is 24.1 Å². The second-order valence-corrected chi connectivity index (χ2v) is 6.16. The summed E-state index contributed by atoms with van der Waals surface area (Å²) >= 11 is 0. The molecule has 1 aromatic carbocycles. The Morgan fingerprint density at radius 2 is 2.11 bits per heavy atom. The van der Waals surface area contributed by atoms with Crippen molar-refractivity contribution in [3.63, 3.8) is 0 Å². The molecule has 2 aromatic rings. The van der Waals surface area contributed by atoms with E-state index in [4.69, 9.17) is 14.7 Å². The highest BCUT2D eigenvalue weighted by Gasteiger charge is 2.26. The fourth-order valence-corrected chi connectivity index (χ4v) is 2.90. The van der Waals surface area contributed by atoms with Gasteiger partial charge in [-0.2, -0.15) is 5.26 Å². The quantitative estimate of drug-likeness (QED) is 0.869. The van der Waals surface area contributed by atoms with E-state index < -0.39 is 0 Å². The Labute approximate surface area is 157 Å². The first-order chi connectivity index (χ1) is 13.2. The van der Waals surface area contributed by atoms with E-state index in [2.05, 4.69) is 15.3 Å². The molecule has 3 rings (SSSR count). The second-order valence-electron chi connectivity index (χ2n) is 6.16. The van der Waals surface area contributed by atoms with Crippen molar-refractivity contribution in [3.05, 3.63) is 47.9 Å². The number of nitriles is 1. The van der Waals surface area contributed by atoms with Crippen LogP contribution in [0, 0.1) is 11.3 Å². The molecule has 8 heteroatoms. The van der Waals surface area contributed by atoms with Gasteiger partial charge in [0.1, 0.15) is 17.9 Å². The van der Waals surface area contributed by atoms with Crippen LogP contribution in [0.5, 0.6) is 11.6 Å². The number of amides is 2. The van der Waals surface area contributed by atoms with E-state index in [1.807, 2.05) is 30.3 Å². The zero-order valence-corrected chi connectivity index (χ0v) is 15.1. The van der Waals surface area contributed by atoms with Crippen molar-refractivity contribution in [2.45, 2.75) is 25.5 Å². The molecule has 0 radical (unpaired) electrons. The number of nitrogens with zero attached hydrogens (tertiary/aromatic N) is 4. The minimum absolute atomic E-state index is 0.140. The Morgan fingerprint density at radius 1 is 1.33 bits per heavy atom. The van der Waals surface area contributed by atoms with Gasteiger partial charge in [0.2, 0.25) is 5.69 Å². The van der Waals surface area contributed by atoms with Gasteiger partial charge >= 0.3 is 6.03 Å². The summed E-state index contributed by atoms with van der Waals surface area (Å²) in [5.74, 6) is 0.993. The van der Waals surface area contributed by atoms with Crippen molar-refractivity contribution in [1.29, 1.82) is 5.26 Å². The Bertz CT molecular complexity index is 819. The topological polar surface area (TPSA) is 100 Å². The number of carbonyl (C=O) groups excluding carboxylic acids is 1. The molecule has 1 fully saturated rings. The summed E-state index contributed by atoms with van der Waals surface area (Å²) in [6.07, 6.45) is 4.34. The molecule has 0 bridgehead atoms. The number of urea groups is 1. The zero-order chi connectivity index (χ0) is 19.1. The minimum Gasteiger partial charge on any atom is -0.497 e. The molecule has 0 spiro atoms. The maximum absolute atomic E-state index is 12.5. The van der Waals surface area contributed by atoms with Gasteiger partial charge in [0.05, 0.1) is 13.7 Å². The third-order valence-corrected chi connectivity index (χ3v) is 4.32. The molecular weight excluding hydrogens is 346 g/mol. The molecule has 1 aliphatic rings. The van der Waals surface area contributed by atoms with E-state index in [9.17, 15) is 4.79 Å². The molecule has 1 saturated heterocycles. The molecule has 1 atom stereocenters. The second kappa shape index (κ2) is 8.85. The van der Waals surface area contributed by atoms with Crippen LogP contribution < -0.4 is 14.8 Å². The Morgan fingerprint density at radius 3 is 2.85 bits per heavy atom. The summed E-state index contributed by atoms with van der Waals surface area (Å²) in [6.45, 7) is 1.55. The number of ether oxygens (including phenoxy) is 2. The lowest BCUT2D eigenvalue weighted by Gasteiger charge is -2.32. The lowest BCUT2D eigenvalue weighted by Crippen LogP contribution is -2.48. The smallest absolute Gasteiger partial charge is 0.317 e. The van der Waals surface area contributed by atoms with Crippen molar-refractivity contribution in [2.75, 3.05) is 20.2 Å². The first-order valence-electron chi connectivity index (χ1n) is 8.73. The first kappa shape index (κ1) is 18.5. The normalized spacial score (nSPS) is 16.3. The van der Waals surface area contributed by atoms with Gasteiger partial charge < -0.3 is 19.7 Å². The maximum atomic E-state index is 12.5. The molecule has 1 unspecified atom stereocenters. The lowest BCUT2D eigenvalue weighted by atomic mass is 10.1. The third kappa shape index (κ3) is 4.85. The van der Waals surface area contributed by atoms with E-state index >= 15 is 0 Å². The van der Waals surface area contributed by atoms with Crippen LogP contribution in [0.3, 0.4) is 0 Å². The number of methoxy groups -OCH3 is 1. The first-order valence-corrected chi connectivity index (χ1v) is 8.73. The number of hydrogen-bond acceptors (Lipinski definition) is 6. The summed E-state index contributed by atoms with van der Waals surface area (Å²) in [5, 5.41) is 12.0. The van der Waals surface area contributed by atoms with E-state index in [1.54, 1.807) is 12.0 Å². The monoisotopic (exact) mass is 367 g/mol. The van der Waals surface area contributed by atoms with Gasteiger partial charge in [-0.05, 0) is 30.5 Å². The van der Waals surface area contributed by atoms with Gasteiger partial charge in [-0.15, -0.1) is 0 Å². The van der Waals surface area contributed by atoms with Crippen molar-refractivity contribution in [1.82, 2.24) is 20.2 Å². The van der Waals surface area contributed by atoms with Crippen LogP contribution in [-0.4, -0.2) is 47.2 Å². The number of piperidine rings is 1. The average molecular weight is 367 g/mol. The Hall–Kier alpha value is -3.34. The van der Waals surface area contributed by atoms with Crippen molar-refractivity contribution >= 4 is 6.03 Å². The summed E-state index contributed by atoms with van der Waals surface area (Å²) in [6, 6.07) is 9.38. The fraction of sp³-hybridized carbons (Fsp3) is 0.368. The Balaban J connectivity index is 1.53. The van der Waals surface area contributed by atoms with Gasteiger partial charge in [-0.3, -0.25) is 0 Å². The molecule has 0 aliphatic carbocycles. The SMILES string of the molecule is COc1ccc(CNC(=O)N2CCCC(Oc3nccnc3C#N)C2)cc1. The third-order valence-electron chi connectivity index (χ3n) is 4.32. The number of likely N-dealkylation sites (tertiary alicyclic amines) is 1. The van der Waals surface area contributed by atoms with E-state index in [-0.39, 0.29) is 23.7 Å². The van der Waals surface area contributed by atoms with E-state index in [0.29, 0.717) is 19.6 Å². The van der Waals surface area contributed by atoms with Crippen molar-refractivity contribution in [3.8, 4) is 17.7 Å². The van der Waals surface area contributed by atoms with Crippen molar-refractivity contribution < 1.29 is 14.3 Å². The van der Waals surface area contributed by atoms with Gasteiger partial charge in [0, 0.05) is 25.5 Å². The molecule has 1 aromatic heterocycles. The van der Waals surface area contributed by atoms with Crippen LogP contribution in [-0.2, 0) is 6.54 Å². The molecule has 1 N–H and O–H groups in total. The van der Waals surface area contributed by atoms with Crippen LogP contribution in [0.25, 0.3) is 0 Å². The number of hydrogen-bond donors (Lipinski definition) is 1. The zero-order valence-electron chi connectivity index (χ0n) is 15.1. The summed E-state index contributed by atoms with van der Waals surface area (Å²) in [7, 11) is 1.62. The van der Waals surface area contributed by atoms with Crippen LogP contribution in [0.4, 0.5) is 4.79 Å². The highest BCUT2D eigenvalue weighted by Crippen LogP contribution is 2.19. The van der Waals surface area contributed by atoms with Crippen LogP contribution in [0.2, 0.25) is 0 Å². The number of carbonyl (C=O) groups is 1. The highest BCUT2D eigenvalue weighted by molar-refractivity contribution is 5.74. The van der Waals surface area contributed by atoms with Crippen LogP contribution >= 0.6 is 0 Å². The molecule has 8 nitrogen and oxygen atoms in total. The van der Waals surface area contributed by atoms with Gasteiger partial charge in [0.15, 0.2) is 0 Å². The fourth-order valence-electron chi connectivity index (χ4n) is 2.90. The van der Waals surface area contributed by atoms with Gasteiger partial charge in [0.25, 0.3) is 5.88 Å². The number of benzene rings is 1. The van der Waals surface area contributed by atoms with Crippen LogP contribution in [0.15, 0.2) is 36.7 Å². The molecule has 2 heterocycles. The van der Waals surface area contributed by atoms with Gasteiger partial charge in [-0.25, -0.2) is 14.8 Å².